The standard InChI is InChI=1S/C6H14N2O2.C6H13NO2.C5H11NO2S.C4H9NO3/c7-4-2-1-3-5(8)6(9)10;1-4(2)3-5(7)6(8)9;1-9-3-2-4(6)5(7)8;1-2(6)3(5)4(7)8/h5H,1-4,7-8H2,(H,9,10);4-5H,3,7H2,1-2H3,(H,8,9);4H,2-3,6H2,1H3,(H,7,8);2-3,6H,5H2,1H3,(H,7,8)/t2*5-;4-;2-,3+/m0001/s1. The van der Waals surface area contributed by atoms with Gasteiger partial charge in [-0.2, -0.15) is 11.8 Å². The molecule has 0 saturated heterocycles. The highest BCUT2D eigenvalue weighted by Crippen LogP contribution is 2.01. The van der Waals surface area contributed by atoms with E-state index in [1.54, 1.807) is 11.8 Å². The van der Waals surface area contributed by atoms with Crippen LogP contribution in [0.2, 0.25) is 0 Å². The van der Waals surface area contributed by atoms with Crippen molar-refractivity contribution in [3.8, 4) is 0 Å². The molecule has 0 rings (SSSR count). The van der Waals surface area contributed by atoms with Gasteiger partial charge in [0.15, 0.2) is 0 Å². The van der Waals surface area contributed by atoms with Gasteiger partial charge in [-0.1, -0.05) is 20.3 Å². The van der Waals surface area contributed by atoms with Crippen LogP contribution in [0.5, 0.6) is 0 Å². The predicted molar refractivity (Wildman–Crippen MR) is 139 cm³/mol. The van der Waals surface area contributed by atoms with Crippen LogP contribution in [0, 0.1) is 5.92 Å². The van der Waals surface area contributed by atoms with Crippen LogP contribution in [-0.2, 0) is 19.2 Å². The molecule has 0 aromatic carbocycles. The van der Waals surface area contributed by atoms with E-state index < -0.39 is 54.1 Å². The van der Waals surface area contributed by atoms with Crippen molar-refractivity contribution in [2.45, 2.75) is 83.1 Å². The molecule has 0 unspecified atom stereocenters. The Balaban J connectivity index is -0.000000190. The molecule has 0 aromatic heterocycles. The highest BCUT2D eigenvalue weighted by molar-refractivity contribution is 7.98. The molecule has 14 nitrogen and oxygen atoms in total. The molecule has 0 spiro atoms. The number of thioether (sulfide) groups is 1. The zero-order valence-corrected chi connectivity index (χ0v) is 22.4. The summed E-state index contributed by atoms with van der Waals surface area (Å²) in [5.74, 6) is -2.77. The average Bonchev–Trinajstić information content (AvgIpc) is 2.77. The fourth-order valence-corrected chi connectivity index (χ4v) is 2.31. The number of rotatable bonds is 14. The van der Waals surface area contributed by atoms with Gasteiger partial charge in [0.2, 0.25) is 0 Å². The Morgan fingerprint density at radius 2 is 1.14 bits per heavy atom. The van der Waals surface area contributed by atoms with Crippen molar-refractivity contribution in [2.24, 2.45) is 34.6 Å². The highest BCUT2D eigenvalue weighted by atomic mass is 32.2. The summed E-state index contributed by atoms with van der Waals surface area (Å²) in [6.45, 7) is 5.83. The number of carboxylic acids is 4. The fourth-order valence-electron chi connectivity index (χ4n) is 1.82. The first-order valence-corrected chi connectivity index (χ1v) is 12.7. The fraction of sp³-hybridized carbons (Fsp3) is 0.810. The van der Waals surface area contributed by atoms with E-state index in [0.717, 1.165) is 18.6 Å². The van der Waals surface area contributed by atoms with Crippen molar-refractivity contribution in [3.05, 3.63) is 0 Å². The number of hydrogen-bond acceptors (Lipinski definition) is 11. The van der Waals surface area contributed by atoms with Gasteiger partial charge < -0.3 is 54.2 Å². The van der Waals surface area contributed by atoms with Crippen molar-refractivity contribution in [2.75, 3.05) is 18.6 Å². The predicted octanol–water partition coefficient (Wildman–Crippen LogP) is -1.10. The first kappa shape index (κ1) is 41.1. The normalized spacial score (nSPS) is 14.2. The molecule has 5 atom stereocenters. The summed E-state index contributed by atoms with van der Waals surface area (Å²) in [6, 6.07) is -3.25. The molecule has 0 aliphatic rings. The lowest BCUT2D eigenvalue weighted by Crippen LogP contribution is -2.39. The Morgan fingerprint density at radius 3 is 1.36 bits per heavy atom. The molecule has 0 heterocycles. The molecule has 0 aliphatic heterocycles. The summed E-state index contributed by atoms with van der Waals surface area (Å²) in [5.41, 5.74) is 25.7. The molecule has 0 saturated carbocycles. The van der Waals surface area contributed by atoms with E-state index in [-0.39, 0.29) is 0 Å². The number of carboxylic acid groups (broad SMARTS) is 4. The Labute approximate surface area is 216 Å². The molecule has 15 heteroatoms. The molecular formula is C21H47N5O9S. The van der Waals surface area contributed by atoms with Gasteiger partial charge >= 0.3 is 23.9 Å². The summed E-state index contributed by atoms with van der Waals surface area (Å²) in [6.07, 6.45) is 4.21. The lowest BCUT2D eigenvalue weighted by atomic mass is 10.1. The van der Waals surface area contributed by atoms with E-state index in [0.29, 0.717) is 31.7 Å². The van der Waals surface area contributed by atoms with E-state index in [1.807, 2.05) is 20.1 Å². The quantitative estimate of drug-likeness (QED) is 0.116. The first-order chi connectivity index (χ1) is 16.5. The molecule has 0 aromatic rings. The van der Waals surface area contributed by atoms with Crippen molar-refractivity contribution in [1.29, 1.82) is 0 Å². The van der Waals surface area contributed by atoms with Gasteiger partial charge in [-0.3, -0.25) is 19.2 Å². The van der Waals surface area contributed by atoms with E-state index in [1.165, 1.54) is 6.92 Å². The average molecular weight is 546 g/mol. The van der Waals surface area contributed by atoms with Crippen molar-refractivity contribution < 1.29 is 44.7 Å². The third-order valence-corrected chi connectivity index (χ3v) is 4.73. The zero-order chi connectivity index (χ0) is 29.4. The van der Waals surface area contributed by atoms with Gasteiger partial charge in [0, 0.05) is 0 Å². The van der Waals surface area contributed by atoms with Gasteiger partial charge in [-0.25, -0.2) is 0 Å². The lowest BCUT2D eigenvalue weighted by molar-refractivity contribution is -0.141. The molecule has 0 bridgehead atoms. The van der Waals surface area contributed by atoms with Crippen molar-refractivity contribution >= 4 is 35.6 Å². The van der Waals surface area contributed by atoms with E-state index in [2.05, 4.69) is 0 Å². The minimum atomic E-state index is -1.18. The number of nitrogens with two attached hydrogens (primary N) is 5. The molecule has 0 aliphatic carbocycles. The highest BCUT2D eigenvalue weighted by Gasteiger charge is 2.16. The van der Waals surface area contributed by atoms with Crippen LogP contribution in [0.25, 0.3) is 0 Å². The first-order valence-electron chi connectivity index (χ1n) is 11.3. The molecule has 0 fully saturated rings. The van der Waals surface area contributed by atoms with Crippen LogP contribution in [0.15, 0.2) is 0 Å². The Hall–Kier alpha value is -2.01. The van der Waals surface area contributed by atoms with Crippen LogP contribution >= 0.6 is 11.8 Å². The van der Waals surface area contributed by atoms with Gasteiger partial charge in [0.05, 0.1) is 6.10 Å². The number of aliphatic hydroxyl groups is 1. The van der Waals surface area contributed by atoms with Gasteiger partial charge in [-0.05, 0) is 57.1 Å². The third kappa shape index (κ3) is 32.0. The van der Waals surface area contributed by atoms with Gasteiger partial charge in [0.1, 0.15) is 24.2 Å². The molecule has 0 amide bonds. The number of aliphatic carboxylic acids is 4. The molecule has 216 valence electrons. The molecule has 15 N–H and O–H groups in total. The van der Waals surface area contributed by atoms with Crippen molar-refractivity contribution in [3.63, 3.8) is 0 Å². The molecular weight excluding hydrogens is 498 g/mol. The minimum Gasteiger partial charge on any atom is -0.480 e. The van der Waals surface area contributed by atoms with E-state index in [4.69, 9.17) is 54.2 Å². The summed E-state index contributed by atoms with van der Waals surface area (Å²) < 4.78 is 0. The Morgan fingerprint density at radius 1 is 0.722 bits per heavy atom. The largest absolute Gasteiger partial charge is 0.480 e. The second-order valence-corrected chi connectivity index (χ2v) is 9.12. The third-order valence-electron chi connectivity index (χ3n) is 4.08. The van der Waals surface area contributed by atoms with Gasteiger partial charge in [0.25, 0.3) is 0 Å². The number of hydrogen-bond donors (Lipinski definition) is 10. The minimum absolute atomic E-state index is 0.357. The zero-order valence-electron chi connectivity index (χ0n) is 21.6. The number of unbranched alkanes of at least 4 members (excludes halogenated alkanes) is 1. The maximum Gasteiger partial charge on any atom is 0.323 e. The van der Waals surface area contributed by atoms with Crippen LogP contribution in [-0.4, -0.2) is 98.2 Å². The van der Waals surface area contributed by atoms with E-state index >= 15 is 0 Å². The summed E-state index contributed by atoms with van der Waals surface area (Å²) in [4.78, 5) is 40.2. The smallest absolute Gasteiger partial charge is 0.323 e. The monoisotopic (exact) mass is 545 g/mol. The van der Waals surface area contributed by atoms with Gasteiger partial charge in [-0.15, -0.1) is 0 Å². The summed E-state index contributed by atoms with van der Waals surface area (Å²) >= 11 is 1.60. The van der Waals surface area contributed by atoms with Crippen LogP contribution in [0.1, 0.15) is 52.9 Å². The lowest BCUT2D eigenvalue weighted by Gasteiger charge is -2.07. The second kappa shape index (κ2) is 26.1. The topological polar surface area (TPSA) is 300 Å². The molecule has 0 radical (unpaired) electrons. The maximum absolute atomic E-state index is 10.1. The van der Waals surface area contributed by atoms with Crippen LogP contribution < -0.4 is 28.7 Å². The summed E-state index contributed by atoms with van der Waals surface area (Å²) in [7, 11) is 0. The maximum atomic E-state index is 10.1. The van der Waals surface area contributed by atoms with E-state index in [9.17, 15) is 19.2 Å². The SMILES string of the molecule is CC(C)C[C@H](N)C(=O)O.CSCC[C@H](N)C(=O)O.C[C@@H](O)[C@H](N)C(=O)O.NCCCC[C@H](N)C(=O)O. The number of carbonyl (C=O) groups is 4. The Bertz CT molecular complexity index is 598. The van der Waals surface area contributed by atoms with Crippen LogP contribution in [0.3, 0.4) is 0 Å². The second-order valence-electron chi connectivity index (χ2n) is 8.13. The summed E-state index contributed by atoms with van der Waals surface area (Å²) in [5, 5.41) is 41.5. The van der Waals surface area contributed by atoms with Crippen LogP contribution in [0.4, 0.5) is 0 Å². The molecule has 36 heavy (non-hydrogen) atoms. The van der Waals surface area contributed by atoms with Crippen molar-refractivity contribution in [1.82, 2.24) is 0 Å². The number of aliphatic hydroxyl groups excluding tert-OH is 1. The Kier molecular flexibility index (Phi) is 29.8.